The average Bonchev–Trinajstić information content (AvgIpc) is 2.31. The zero-order valence-electron chi connectivity index (χ0n) is 11.1. The summed E-state index contributed by atoms with van der Waals surface area (Å²) in [5, 5.41) is 14.7. The van der Waals surface area contributed by atoms with E-state index in [0.29, 0.717) is 17.1 Å². The molecule has 0 bridgehead atoms. The Kier molecular flexibility index (Phi) is 6.10. The third-order valence-corrected chi connectivity index (χ3v) is 3.04. The molecule has 1 aromatic carbocycles. The number of rotatable bonds is 5. The summed E-state index contributed by atoms with van der Waals surface area (Å²) < 4.78 is 0. The largest absolute Gasteiger partial charge is 0.480 e. The van der Waals surface area contributed by atoms with E-state index in [2.05, 4.69) is 10.6 Å². The average molecular weight is 319 g/mol. The van der Waals surface area contributed by atoms with E-state index in [9.17, 15) is 9.59 Å². The molecule has 0 aliphatic rings. The van der Waals surface area contributed by atoms with E-state index in [1.807, 2.05) is 13.8 Å². The van der Waals surface area contributed by atoms with Crippen LogP contribution in [0.15, 0.2) is 18.2 Å². The molecule has 5 nitrogen and oxygen atoms in total. The number of aliphatic carboxylic acids is 1. The van der Waals surface area contributed by atoms with Crippen LogP contribution in [-0.2, 0) is 4.79 Å². The minimum absolute atomic E-state index is 0.149. The molecular weight excluding hydrogens is 303 g/mol. The lowest BCUT2D eigenvalue weighted by atomic mass is 10.0. The fourth-order valence-electron chi connectivity index (χ4n) is 1.60. The smallest absolute Gasteiger partial charge is 0.326 e. The van der Waals surface area contributed by atoms with Crippen LogP contribution in [0.1, 0.15) is 20.3 Å². The third kappa shape index (κ3) is 5.27. The molecule has 110 valence electrons. The van der Waals surface area contributed by atoms with Gasteiger partial charge in [-0.15, -0.1) is 0 Å². The summed E-state index contributed by atoms with van der Waals surface area (Å²) in [5.74, 6) is -0.924. The Morgan fingerprint density at radius 3 is 2.45 bits per heavy atom. The zero-order chi connectivity index (χ0) is 15.3. The maximum Gasteiger partial charge on any atom is 0.326 e. The van der Waals surface area contributed by atoms with E-state index in [1.165, 1.54) is 6.07 Å². The van der Waals surface area contributed by atoms with Crippen LogP contribution in [0.25, 0.3) is 0 Å². The number of anilines is 1. The minimum atomic E-state index is -1.07. The number of nitrogens with one attached hydrogen (secondary N) is 2. The van der Waals surface area contributed by atoms with Crippen LogP contribution in [0, 0.1) is 5.92 Å². The van der Waals surface area contributed by atoms with Crippen molar-refractivity contribution in [1.82, 2.24) is 5.32 Å². The molecule has 0 saturated heterocycles. The molecule has 0 spiro atoms. The van der Waals surface area contributed by atoms with Gasteiger partial charge >= 0.3 is 12.0 Å². The van der Waals surface area contributed by atoms with Crippen LogP contribution in [0.2, 0.25) is 10.0 Å². The minimum Gasteiger partial charge on any atom is -0.480 e. The number of amides is 2. The van der Waals surface area contributed by atoms with Crippen LogP contribution in [0.4, 0.5) is 10.5 Å². The highest BCUT2D eigenvalue weighted by Gasteiger charge is 2.21. The Bertz CT molecular complexity index is 506. The van der Waals surface area contributed by atoms with Crippen molar-refractivity contribution < 1.29 is 14.7 Å². The van der Waals surface area contributed by atoms with Gasteiger partial charge in [-0.3, -0.25) is 0 Å². The lowest BCUT2D eigenvalue weighted by Crippen LogP contribution is -2.43. The van der Waals surface area contributed by atoms with Crippen LogP contribution in [-0.4, -0.2) is 23.1 Å². The molecular formula is C13H16Cl2N2O3. The Morgan fingerprint density at radius 2 is 1.95 bits per heavy atom. The molecule has 2 amide bonds. The monoisotopic (exact) mass is 318 g/mol. The second-order valence-corrected chi connectivity index (χ2v) is 5.59. The predicted octanol–water partition coefficient (Wildman–Crippen LogP) is 3.61. The van der Waals surface area contributed by atoms with E-state index in [1.54, 1.807) is 12.1 Å². The molecule has 1 unspecified atom stereocenters. The van der Waals surface area contributed by atoms with Crippen molar-refractivity contribution in [3.8, 4) is 0 Å². The molecule has 20 heavy (non-hydrogen) atoms. The number of carboxylic acid groups (broad SMARTS) is 1. The molecule has 0 fully saturated rings. The van der Waals surface area contributed by atoms with Gasteiger partial charge in [-0.2, -0.15) is 0 Å². The van der Waals surface area contributed by atoms with Crippen molar-refractivity contribution in [2.24, 2.45) is 5.92 Å². The van der Waals surface area contributed by atoms with Crippen LogP contribution < -0.4 is 10.6 Å². The van der Waals surface area contributed by atoms with Crippen molar-refractivity contribution in [2.75, 3.05) is 5.32 Å². The SMILES string of the molecule is CC(C)CC(NC(=O)Nc1ccc(Cl)cc1Cl)C(=O)O. The number of urea groups is 1. The first kappa shape index (κ1) is 16.6. The summed E-state index contributed by atoms with van der Waals surface area (Å²) in [6.45, 7) is 3.76. The normalized spacial score (nSPS) is 12.1. The third-order valence-electron chi connectivity index (χ3n) is 2.49. The molecule has 0 saturated carbocycles. The first-order valence-electron chi connectivity index (χ1n) is 6.05. The summed E-state index contributed by atoms with van der Waals surface area (Å²) in [7, 11) is 0. The number of carbonyl (C=O) groups excluding carboxylic acids is 1. The lowest BCUT2D eigenvalue weighted by Gasteiger charge is -2.17. The molecule has 3 N–H and O–H groups in total. The van der Waals surface area contributed by atoms with E-state index in [4.69, 9.17) is 28.3 Å². The summed E-state index contributed by atoms with van der Waals surface area (Å²) in [6, 6.07) is 3.04. The van der Waals surface area contributed by atoms with Gasteiger partial charge in [-0.25, -0.2) is 9.59 Å². The zero-order valence-corrected chi connectivity index (χ0v) is 12.6. The fraction of sp³-hybridized carbons (Fsp3) is 0.385. The number of halogens is 2. The second-order valence-electron chi connectivity index (χ2n) is 4.74. The Labute approximate surface area is 127 Å². The summed E-state index contributed by atoms with van der Waals surface area (Å²) >= 11 is 11.7. The van der Waals surface area contributed by atoms with E-state index in [-0.39, 0.29) is 10.9 Å². The lowest BCUT2D eigenvalue weighted by molar-refractivity contribution is -0.139. The first-order valence-corrected chi connectivity index (χ1v) is 6.80. The van der Waals surface area contributed by atoms with Crippen molar-refractivity contribution in [2.45, 2.75) is 26.3 Å². The number of hydrogen-bond acceptors (Lipinski definition) is 2. The summed E-state index contributed by atoms with van der Waals surface area (Å²) in [6.07, 6.45) is 0.344. The van der Waals surface area contributed by atoms with Gasteiger partial charge in [0.1, 0.15) is 6.04 Å². The predicted molar refractivity (Wildman–Crippen MR) is 79.5 cm³/mol. The maximum absolute atomic E-state index is 11.8. The Balaban J connectivity index is 2.68. The van der Waals surface area contributed by atoms with Gasteiger partial charge in [0.2, 0.25) is 0 Å². The van der Waals surface area contributed by atoms with Gasteiger partial charge in [0.15, 0.2) is 0 Å². The molecule has 0 radical (unpaired) electrons. The number of benzene rings is 1. The molecule has 0 aromatic heterocycles. The quantitative estimate of drug-likeness (QED) is 0.775. The number of carboxylic acids is 1. The highest BCUT2D eigenvalue weighted by atomic mass is 35.5. The van der Waals surface area contributed by atoms with Gasteiger partial charge in [0.25, 0.3) is 0 Å². The van der Waals surface area contributed by atoms with E-state index < -0.39 is 18.0 Å². The molecule has 7 heteroatoms. The van der Waals surface area contributed by atoms with Crippen molar-refractivity contribution >= 4 is 40.9 Å². The molecule has 0 aliphatic heterocycles. The standard InChI is InChI=1S/C13H16Cl2N2O3/c1-7(2)5-11(12(18)19)17-13(20)16-10-4-3-8(14)6-9(10)15/h3-4,6-7,11H,5H2,1-2H3,(H,18,19)(H2,16,17,20). The summed E-state index contributed by atoms with van der Waals surface area (Å²) in [4.78, 5) is 22.8. The number of hydrogen-bond donors (Lipinski definition) is 3. The van der Waals surface area contributed by atoms with E-state index >= 15 is 0 Å². The van der Waals surface area contributed by atoms with Gasteiger partial charge in [-0.1, -0.05) is 37.0 Å². The molecule has 1 rings (SSSR count). The van der Waals surface area contributed by atoms with Crippen molar-refractivity contribution in [3.05, 3.63) is 28.2 Å². The van der Waals surface area contributed by atoms with Crippen molar-refractivity contribution in [1.29, 1.82) is 0 Å². The molecule has 1 atom stereocenters. The highest BCUT2D eigenvalue weighted by Crippen LogP contribution is 2.25. The first-order chi connectivity index (χ1) is 9.29. The van der Waals surface area contributed by atoms with Crippen molar-refractivity contribution in [3.63, 3.8) is 0 Å². The topological polar surface area (TPSA) is 78.4 Å². The molecule has 1 aromatic rings. The second kappa shape index (κ2) is 7.36. The molecule has 0 aliphatic carbocycles. The number of carbonyl (C=O) groups is 2. The van der Waals surface area contributed by atoms with Gasteiger partial charge in [-0.05, 0) is 30.5 Å². The van der Waals surface area contributed by atoms with Gasteiger partial charge in [0, 0.05) is 5.02 Å². The van der Waals surface area contributed by atoms with Gasteiger partial charge in [0.05, 0.1) is 10.7 Å². The Hall–Kier alpha value is -1.46. The Morgan fingerprint density at radius 1 is 1.30 bits per heavy atom. The van der Waals surface area contributed by atoms with Gasteiger partial charge < -0.3 is 15.7 Å². The van der Waals surface area contributed by atoms with E-state index in [0.717, 1.165) is 0 Å². The van der Waals surface area contributed by atoms with Crippen LogP contribution >= 0.6 is 23.2 Å². The summed E-state index contributed by atoms with van der Waals surface area (Å²) in [5.41, 5.74) is 0.363. The fourth-order valence-corrected chi connectivity index (χ4v) is 2.06. The maximum atomic E-state index is 11.8. The highest BCUT2D eigenvalue weighted by molar-refractivity contribution is 6.36. The molecule has 0 heterocycles. The van der Waals surface area contributed by atoms with Crippen LogP contribution in [0.3, 0.4) is 0 Å². The van der Waals surface area contributed by atoms with Crippen LogP contribution in [0.5, 0.6) is 0 Å².